The topological polar surface area (TPSA) is 49.8 Å². The summed E-state index contributed by atoms with van der Waals surface area (Å²) in [6.45, 7) is 4.84. The lowest BCUT2D eigenvalue weighted by Gasteiger charge is -2.36. The van der Waals surface area contributed by atoms with Crippen molar-refractivity contribution < 1.29 is 14.6 Å². The molecule has 4 aromatic rings. The van der Waals surface area contributed by atoms with Crippen LogP contribution in [0, 0.1) is 6.92 Å². The molecule has 0 fully saturated rings. The maximum atomic E-state index is 11.7. The number of carboxylic acids is 1. The minimum atomic E-state index is -0.898. The molecule has 0 saturated heterocycles. The predicted octanol–water partition coefficient (Wildman–Crippen LogP) is 8.14. The molecule has 36 heavy (non-hydrogen) atoms. The number of benzene rings is 4. The first kappa shape index (κ1) is 25.6. The molecule has 0 amide bonds. The summed E-state index contributed by atoms with van der Waals surface area (Å²) in [5.41, 5.74) is 4.38. The molecule has 1 aliphatic rings. The van der Waals surface area contributed by atoms with E-state index in [1.165, 1.54) is 16.3 Å². The Balaban J connectivity index is 0.00000304. The summed E-state index contributed by atoms with van der Waals surface area (Å²) in [7, 11) is 0. The summed E-state index contributed by atoms with van der Waals surface area (Å²) in [6, 6.07) is 28.9. The number of halogens is 1. The van der Waals surface area contributed by atoms with Crippen LogP contribution in [-0.4, -0.2) is 23.7 Å². The van der Waals surface area contributed by atoms with E-state index in [0.717, 1.165) is 42.0 Å². The summed E-state index contributed by atoms with van der Waals surface area (Å²) in [6.07, 6.45) is 3.12. The minimum absolute atomic E-state index is 0. The molecule has 1 aliphatic heterocycles. The maximum Gasteiger partial charge on any atom is 0.336 e. The van der Waals surface area contributed by atoms with Gasteiger partial charge in [-0.25, -0.2) is 4.79 Å². The Morgan fingerprint density at radius 3 is 2.61 bits per heavy atom. The first-order valence-corrected chi connectivity index (χ1v) is 12.4. The van der Waals surface area contributed by atoms with E-state index >= 15 is 0 Å². The van der Waals surface area contributed by atoms with Gasteiger partial charge in [0.25, 0.3) is 0 Å². The van der Waals surface area contributed by atoms with Crippen molar-refractivity contribution in [1.29, 1.82) is 0 Å². The van der Waals surface area contributed by atoms with Crippen molar-refractivity contribution in [1.82, 2.24) is 0 Å². The van der Waals surface area contributed by atoms with Crippen LogP contribution >= 0.6 is 12.4 Å². The Morgan fingerprint density at radius 1 is 1.03 bits per heavy atom. The number of hydrogen-bond acceptors (Lipinski definition) is 3. The molecule has 1 heterocycles. The van der Waals surface area contributed by atoms with Gasteiger partial charge in [-0.05, 0) is 78.3 Å². The standard InChI is InChI=1S/C31H31NO3.ClH/c1-21(26-14-8-11-23-10-3-4-13-27(23)26)9-7-12-25-20-32(29-15-5-6-16-30(29)35-25)24-18-17-22(2)28(19-24)31(33)34;/h3-6,8,10-11,13-19,21,25H,7,9,12,20H2,1-2H3,(H,33,34);1H/t21-,25?;/m0./s1. The Labute approximate surface area is 218 Å². The number of fused-ring (bicyclic) bond motifs is 2. The third-order valence-corrected chi connectivity index (χ3v) is 7.12. The Kier molecular flexibility index (Phi) is 7.85. The molecule has 0 saturated carbocycles. The Hall–Kier alpha value is -3.50. The van der Waals surface area contributed by atoms with Crippen LogP contribution in [0.15, 0.2) is 84.9 Å². The number of anilines is 2. The van der Waals surface area contributed by atoms with Crippen molar-refractivity contribution in [2.75, 3.05) is 11.4 Å². The normalized spacial score (nSPS) is 15.5. The molecule has 0 spiro atoms. The average molecular weight is 502 g/mol. The third-order valence-electron chi connectivity index (χ3n) is 7.12. The summed E-state index contributed by atoms with van der Waals surface area (Å²) < 4.78 is 6.38. The second kappa shape index (κ2) is 11.0. The lowest BCUT2D eigenvalue weighted by molar-refractivity contribution is 0.0696. The fourth-order valence-electron chi connectivity index (χ4n) is 5.19. The molecule has 0 bridgehead atoms. The zero-order valence-electron chi connectivity index (χ0n) is 20.7. The van der Waals surface area contributed by atoms with E-state index in [1.54, 1.807) is 6.07 Å². The highest BCUT2D eigenvalue weighted by Crippen LogP contribution is 2.39. The van der Waals surface area contributed by atoms with Crippen LogP contribution in [-0.2, 0) is 0 Å². The Bertz CT molecular complexity index is 1360. The van der Waals surface area contributed by atoms with Crippen LogP contribution in [0.25, 0.3) is 10.8 Å². The van der Waals surface area contributed by atoms with Gasteiger partial charge >= 0.3 is 5.97 Å². The smallest absolute Gasteiger partial charge is 0.336 e. The maximum absolute atomic E-state index is 11.7. The summed E-state index contributed by atoms with van der Waals surface area (Å²) >= 11 is 0. The third kappa shape index (κ3) is 5.19. The molecule has 4 aromatic carbocycles. The number of nitrogens with zero attached hydrogens (tertiary/aromatic N) is 1. The second-order valence-corrected chi connectivity index (χ2v) is 9.52. The molecule has 4 nitrogen and oxygen atoms in total. The van der Waals surface area contributed by atoms with Crippen molar-refractivity contribution in [3.8, 4) is 5.75 Å². The number of hydrogen-bond donors (Lipinski definition) is 1. The molecule has 0 aromatic heterocycles. The number of aromatic carboxylic acids is 1. The predicted molar refractivity (Wildman–Crippen MR) is 149 cm³/mol. The van der Waals surface area contributed by atoms with Crippen LogP contribution in [0.5, 0.6) is 5.75 Å². The van der Waals surface area contributed by atoms with Crippen LogP contribution in [0.1, 0.15) is 53.6 Å². The lowest BCUT2D eigenvalue weighted by atomic mass is 9.90. The van der Waals surface area contributed by atoms with Gasteiger partial charge in [-0.2, -0.15) is 0 Å². The van der Waals surface area contributed by atoms with Crippen molar-refractivity contribution >= 4 is 40.5 Å². The highest BCUT2D eigenvalue weighted by molar-refractivity contribution is 5.91. The molecule has 5 heteroatoms. The zero-order chi connectivity index (χ0) is 24.4. The average Bonchev–Trinajstić information content (AvgIpc) is 2.88. The van der Waals surface area contributed by atoms with E-state index in [1.807, 2.05) is 43.3 Å². The summed E-state index contributed by atoms with van der Waals surface area (Å²) in [5.74, 6) is 0.413. The van der Waals surface area contributed by atoms with Gasteiger partial charge in [0.05, 0.1) is 17.8 Å². The molecule has 0 radical (unpaired) electrons. The highest BCUT2D eigenvalue weighted by Gasteiger charge is 2.27. The van der Waals surface area contributed by atoms with Gasteiger partial charge in [0.1, 0.15) is 11.9 Å². The molecular weight excluding hydrogens is 470 g/mol. The number of carbonyl (C=O) groups is 1. The van der Waals surface area contributed by atoms with Gasteiger partial charge in [-0.15, -0.1) is 12.4 Å². The molecule has 1 N–H and O–H groups in total. The molecule has 186 valence electrons. The monoisotopic (exact) mass is 501 g/mol. The molecule has 1 unspecified atom stereocenters. The molecule has 2 atom stereocenters. The minimum Gasteiger partial charge on any atom is -0.486 e. The van der Waals surface area contributed by atoms with Crippen molar-refractivity contribution in [3.63, 3.8) is 0 Å². The number of carboxylic acid groups (broad SMARTS) is 1. The van der Waals surface area contributed by atoms with Crippen molar-refractivity contribution in [2.24, 2.45) is 0 Å². The SMILES string of the molecule is Cc1ccc(N2CC(CCC[C@H](C)c3cccc4ccccc34)Oc3ccccc32)cc1C(=O)O.Cl. The summed E-state index contributed by atoms with van der Waals surface area (Å²) in [5, 5.41) is 12.2. The van der Waals surface area contributed by atoms with Crippen LogP contribution in [0.3, 0.4) is 0 Å². The van der Waals surface area contributed by atoms with E-state index in [4.69, 9.17) is 4.74 Å². The van der Waals surface area contributed by atoms with Crippen LogP contribution in [0.4, 0.5) is 11.4 Å². The quantitative estimate of drug-likeness (QED) is 0.277. The van der Waals surface area contributed by atoms with Crippen LogP contribution < -0.4 is 9.64 Å². The fourth-order valence-corrected chi connectivity index (χ4v) is 5.19. The van der Waals surface area contributed by atoms with E-state index < -0.39 is 5.97 Å². The van der Waals surface area contributed by atoms with Gasteiger partial charge < -0.3 is 14.7 Å². The Morgan fingerprint density at radius 2 is 1.78 bits per heavy atom. The number of ether oxygens (including phenoxy) is 1. The molecule has 5 rings (SSSR count). The number of aryl methyl sites for hydroxylation is 1. The molecular formula is C31H32ClNO3. The first-order valence-electron chi connectivity index (χ1n) is 12.4. The van der Waals surface area contributed by atoms with Gasteiger partial charge in [-0.3, -0.25) is 0 Å². The van der Waals surface area contributed by atoms with E-state index in [9.17, 15) is 9.90 Å². The second-order valence-electron chi connectivity index (χ2n) is 9.52. The van der Waals surface area contributed by atoms with E-state index in [2.05, 4.69) is 54.3 Å². The van der Waals surface area contributed by atoms with Crippen molar-refractivity contribution in [2.45, 2.75) is 45.1 Å². The van der Waals surface area contributed by atoms with E-state index in [0.29, 0.717) is 18.0 Å². The largest absolute Gasteiger partial charge is 0.486 e. The van der Waals surface area contributed by atoms with Crippen LogP contribution in [0.2, 0.25) is 0 Å². The number of rotatable bonds is 7. The molecule has 0 aliphatic carbocycles. The summed E-state index contributed by atoms with van der Waals surface area (Å²) in [4.78, 5) is 13.9. The van der Waals surface area contributed by atoms with E-state index in [-0.39, 0.29) is 18.5 Å². The lowest BCUT2D eigenvalue weighted by Crippen LogP contribution is -2.37. The number of para-hydroxylation sites is 2. The van der Waals surface area contributed by atoms with Gasteiger partial charge in [0.2, 0.25) is 0 Å². The first-order chi connectivity index (χ1) is 17.0. The van der Waals surface area contributed by atoms with Gasteiger partial charge in [-0.1, -0.05) is 67.6 Å². The fraction of sp³-hybridized carbons (Fsp3) is 0.258. The highest BCUT2D eigenvalue weighted by atomic mass is 35.5. The van der Waals surface area contributed by atoms with Gasteiger partial charge in [0.15, 0.2) is 0 Å². The van der Waals surface area contributed by atoms with Crippen molar-refractivity contribution in [3.05, 3.63) is 102 Å². The zero-order valence-corrected chi connectivity index (χ0v) is 21.5. The van der Waals surface area contributed by atoms with Gasteiger partial charge in [0, 0.05) is 5.69 Å².